The number of benzene rings is 1. The molecule has 0 amide bonds. The number of aryl methyl sites for hydroxylation is 1. The van der Waals surface area contributed by atoms with E-state index >= 15 is 0 Å². The van der Waals surface area contributed by atoms with Crippen LogP contribution in [0.3, 0.4) is 0 Å². The summed E-state index contributed by atoms with van der Waals surface area (Å²) in [5.41, 5.74) is -1.66. The Morgan fingerprint density at radius 1 is 1.57 bits per heavy atom. The first-order chi connectivity index (χ1) is 10.7. The number of aromatic nitrogens is 1. The van der Waals surface area contributed by atoms with Crippen molar-refractivity contribution in [3.8, 4) is 5.75 Å². The van der Waals surface area contributed by atoms with Gasteiger partial charge in [0.05, 0.1) is 11.2 Å². The highest BCUT2D eigenvalue weighted by Crippen LogP contribution is 2.23. The quantitative estimate of drug-likeness (QED) is 0.714. The Hall–Kier alpha value is -1.77. The number of hydrogen-bond acceptors (Lipinski definition) is 2. The molecule has 0 atom stereocenters. The number of fused-ring (bicyclic) bond motifs is 1. The van der Waals surface area contributed by atoms with Gasteiger partial charge in [-0.05, 0) is 24.2 Å². The summed E-state index contributed by atoms with van der Waals surface area (Å²) in [6, 6.07) is -3.40. The molecule has 72 valence electrons. The summed E-state index contributed by atoms with van der Waals surface area (Å²) in [4.78, 5) is 12.1. The van der Waals surface area contributed by atoms with Crippen molar-refractivity contribution in [1.29, 1.82) is 0 Å². The Bertz CT molecular complexity index is 861. The molecule has 0 bridgehead atoms. The third-order valence-electron chi connectivity index (χ3n) is 1.69. The number of nitrogens with zero attached hydrogens (tertiary/aromatic N) is 1. The van der Waals surface area contributed by atoms with Crippen molar-refractivity contribution in [3.05, 3.63) is 29.9 Å². The summed E-state index contributed by atoms with van der Waals surface area (Å²) < 4.78 is 75.3. The maximum atomic E-state index is 12.1. The zero-order valence-corrected chi connectivity index (χ0v) is 6.80. The van der Waals surface area contributed by atoms with Crippen molar-refractivity contribution in [3.63, 3.8) is 0 Å². The molecule has 0 fully saturated rings. The highest BCUT2D eigenvalue weighted by Gasteiger charge is 2.09. The van der Waals surface area contributed by atoms with Gasteiger partial charge in [0.2, 0.25) is 0 Å². The molecular weight excluding hydrogens is 178 g/mol. The number of hydrogen-bond donors (Lipinski definition) is 1. The molecule has 2 rings (SSSR count). The van der Waals surface area contributed by atoms with Crippen LogP contribution >= 0.6 is 0 Å². The van der Waals surface area contributed by atoms with Gasteiger partial charge in [-0.1, -0.05) is 0 Å². The number of rotatable bonds is 1. The van der Waals surface area contributed by atoms with E-state index in [1.165, 1.54) is 0 Å². The van der Waals surface area contributed by atoms with Crippen molar-refractivity contribution < 1.29 is 23.6 Å². The van der Waals surface area contributed by atoms with Crippen molar-refractivity contribution in [1.82, 2.24) is 4.57 Å². The molecule has 1 N–H and O–H groups in total. The van der Waals surface area contributed by atoms with Gasteiger partial charge in [0.15, 0.2) is 5.78 Å². The maximum Gasteiger partial charge on any atom is 0.176 e. The van der Waals surface area contributed by atoms with Gasteiger partial charge in [-0.15, -0.1) is 0 Å². The number of carbonyl (C=O) groups excluding carboxylic acids is 1. The normalized spacial score (nSPS) is 22.9. The van der Waals surface area contributed by atoms with Crippen molar-refractivity contribution in [2.75, 3.05) is 0 Å². The first-order valence-electron chi connectivity index (χ1n) is 8.60. The molecule has 0 aliphatic rings. The molecule has 1 heterocycles. The molecule has 0 unspecified atom stereocenters. The molecule has 3 heteroatoms. The molecule has 0 saturated heterocycles. The Balaban J connectivity index is 3.16. The molecule has 1 aromatic heterocycles. The molecule has 3 nitrogen and oxygen atoms in total. The fraction of sp³-hybridized carbons (Fsp3) is 0.182. The van der Waals surface area contributed by atoms with Gasteiger partial charge in [0.1, 0.15) is 5.75 Å². The average Bonchev–Trinajstić information content (AvgIpc) is 2.74. The summed E-state index contributed by atoms with van der Waals surface area (Å²) in [6.07, 6.45) is 0. The van der Waals surface area contributed by atoms with Crippen LogP contribution in [0.2, 0.25) is 0 Å². The van der Waals surface area contributed by atoms with Gasteiger partial charge in [-0.25, -0.2) is 0 Å². The minimum absolute atomic E-state index is 0.206. The van der Waals surface area contributed by atoms with Gasteiger partial charge in [0.25, 0.3) is 0 Å². The van der Waals surface area contributed by atoms with Gasteiger partial charge in [-0.3, -0.25) is 4.79 Å². The van der Waals surface area contributed by atoms with E-state index in [2.05, 4.69) is 0 Å². The molecule has 0 radical (unpaired) electrons. The zero-order chi connectivity index (χ0) is 18.8. The molecule has 0 saturated carbocycles. The molecule has 1 aromatic carbocycles. The van der Waals surface area contributed by atoms with E-state index in [4.69, 9.17) is 13.7 Å². The van der Waals surface area contributed by atoms with Crippen LogP contribution < -0.4 is 0 Å². The van der Waals surface area contributed by atoms with E-state index in [0.717, 1.165) is 0 Å². The summed E-state index contributed by atoms with van der Waals surface area (Å²) >= 11 is 0. The third kappa shape index (κ3) is 1.18. The van der Waals surface area contributed by atoms with Crippen LogP contribution in [0.4, 0.5) is 0 Å². The van der Waals surface area contributed by atoms with Crippen LogP contribution in [0.25, 0.3) is 10.9 Å². The van der Waals surface area contributed by atoms with Crippen LogP contribution in [0, 0.1) is 0 Å². The van der Waals surface area contributed by atoms with Crippen LogP contribution in [0.15, 0.2) is 24.2 Å². The van der Waals surface area contributed by atoms with Crippen molar-refractivity contribution in [2.45, 2.75) is 6.85 Å². The van der Waals surface area contributed by atoms with E-state index in [0.29, 0.717) is 0 Å². The minimum Gasteiger partial charge on any atom is -0.508 e. The van der Waals surface area contributed by atoms with Crippen molar-refractivity contribution >= 4 is 16.7 Å². The first kappa shape index (κ1) is 2.86. The lowest BCUT2D eigenvalue weighted by Gasteiger charge is -1.99. The van der Waals surface area contributed by atoms with Crippen LogP contribution in [0.5, 0.6) is 5.75 Å². The number of aromatic hydroxyl groups is 1. The van der Waals surface area contributed by atoms with Gasteiger partial charge in [-0.2, -0.15) is 0 Å². The fourth-order valence-electron chi connectivity index (χ4n) is 1.09. The first-order valence-corrected chi connectivity index (χ1v) is 3.60. The van der Waals surface area contributed by atoms with E-state index in [9.17, 15) is 9.90 Å². The SMILES string of the molecule is [2H]c1c(O)c([2H])c2c([2H])c(C(=O)C([2H])([2H])[2H])n(C([2H])([2H])[2H])c2c1[2H]. The Morgan fingerprint density at radius 2 is 2.43 bits per heavy atom. The summed E-state index contributed by atoms with van der Waals surface area (Å²) in [5, 5.41) is 9.11. The van der Waals surface area contributed by atoms with E-state index in [1.54, 1.807) is 0 Å². The van der Waals surface area contributed by atoms with E-state index in [-0.39, 0.29) is 4.57 Å². The predicted molar refractivity (Wildman–Crippen MR) is 54.6 cm³/mol. The van der Waals surface area contributed by atoms with E-state index in [1.807, 2.05) is 0 Å². The molecule has 14 heavy (non-hydrogen) atoms. The molecule has 0 spiro atoms. The topological polar surface area (TPSA) is 42.2 Å². The fourth-order valence-corrected chi connectivity index (χ4v) is 1.09. The number of phenolic OH excluding ortho intramolecular Hbond substituents is 1. The number of phenols is 1. The minimum atomic E-state index is -3.25. The second-order valence-electron chi connectivity index (χ2n) is 2.59. The van der Waals surface area contributed by atoms with Crippen LogP contribution in [-0.2, 0) is 6.98 Å². The van der Waals surface area contributed by atoms with Gasteiger partial charge in [0, 0.05) is 33.0 Å². The van der Waals surface area contributed by atoms with Gasteiger partial charge >= 0.3 is 0 Å². The number of carbonyl (C=O) groups is 1. The highest BCUT2D eigenvalue weighted by molar-refractivity contribution is 5.98. The monoisotopic (exact) mass is 199 g/mol. The number of ketones is 1. The summed E-state index contributed by atoms with van der Waals surface area (Å²) in [5.74, 6) is -2.60. The lowest BCUT2D eigenvalue weighted by molar-refractivity contribution is 0.101. The lowest BCUT2D eigenvalue weighted by Crippen LogP contribution is -2.00. The highest BCUT2D eigenvalue weighted by atomic mass is 16.3. The zero-order valence-electron chi connectivity index (χ0n) is 16.8. The second-order valence-corrected chi connectivity index (χ2v) is 2.59. The summed E-state index contributed by atoms with van der Waals surface area (Å²) in [7, 11) is 0. The molecule has 0 aliphatic heterocycles. The van der Waals surface area contributed by atoms with Crippen LogP contribution in [0.1, 0.15) is 31.0 Å². The summed E-state index contributed by atoms with van der Waals surface area (Å²) in [6.45, 7) is -6.39. The molecule has 0 aliphatic carbocycles. The van der Waals surface area contributed by atoms with Crippen LogP contribution in [-0.4, -0.2) is 15.5 Å². The Morgan fingerprint density at radius 3 is 3.14 bits per heavy atom. The molecule has 2 aromatic rings. The molecular formula is C11H11NO2. The van der Waals surface area contributed by atoms with E-state index < -0.39 is 66.1 Å². The third-order valence-corrected chi connectivity index (χ3v) is 1.69. The smallest absolute Gasteiger partial charge is 0.176 e. The van der Waals surface area contributed by atoms with Gasteiger partial charge < -0.3 is 9.67 Å². The maximum absolute atomic E-state index is 12.1. The largest absolute Gasteiger partial charge is 0.508 e. The standard InChI is InChI=1S/C11H11NO2/c1-7(13)11-6-8-5-9(14)3-4-10(8)12(11)2/h3-6,14H,1-2H3/i1D3,2D3,3D,4D,5D,6D. The Kier molecular flexibility index (Phi) is 0.586. The van der Waals surface area contributed by atoms with Crippen molar-refractivity contribution in [2.24, 2.45) is 6.98 Å². The Labute approximate surface area is 95.6 Å². The predicted octanol–water partition coefficient (Wildman–Crippen LogP) is 2.09. The lowest BCUT2D eigenvalue weighted by atomic mass is 10.2. The number of Topliss-reactive ketones (excluding diaryl/α,β-unsaturated/α-hetero) is 1. The average molecular weight is 199 g/mol. The second kappa shape index (κ2) is 2.87.